The lowest BCUT2D eigenvalue weighted by atomic mass is 10.0. The Balaban J connectivity index is 1.63. The molecule has 4 rings (SSSR count). The fraction of sp³-hybridized carbons (Fsp3) is 0.212. The number of methoxy groups -OCH3 is 2. The highest BCUT2D eigenvalue weighted by Gasteiger charge is 2.30. The molecule has 0 heterocycles. The third kappa shape index (κ3) is 8.10. The molecule has 206 valence electrons. The monoisotopic (exact) mass is 556 g/mol. The highest BCUT2D eigenvalue weighted by atomic mass is 35.5. The fourth-order valence-electron chi connectivity index (χ4n) is 4.41. The number of halogens is 1. The predicted molar refractivity (Wildman–Crippen MR) is 157 cm³/mol. The zero-order chi connectivity index (χ0) is 28.3. The number of nitrogens with one attached hydrogen (secondary N) is 1. The number of ether oxygens (including phenoxy) is 2. The van der Waals surface area contributed by atoms with Crippen molar-refractivity contribution in [3.8, 4) is 11.5 Å². The van der Waals surface area contributed by atoms with E-state index in [1.165, 1.54) is 0 Å². The van der Waals surface area contributed by atoms with Crippen molar-refractivity contribution in [2.24, 2.45) is 0 Å². The Hall–Kier alpha value is -4.29. The van der Waals surface area contributed by atoms with Crippen molar-refractivity contribution in [3.05, 3.63) is 130 Å². The Labute approximate surface area is 240 Å². The minimum absolute atomic E-state index is 0.143. The summed E-state index contributed by atoms with van der Waals surface area (Å²) in [6.07, 6.45) is 0.516. The summed E-state index contributed by atoms with van der Waals surface area (Å²) in [4.78, 5) is 29.4. The Morgan fingerprint density at radius 2 is 1.27 bits per heavy atom. The van der Waals surface area contributed by atoms with Crippen molar-refractivity contribution >= 4 is 23.4 Å². The second-order valence-corrected chi connectivity index (χ2v) is 9.88. The first kappa shape index (κ1) is 28.7. The molecule has 0 spiro atoms. The van der Waals surface area contributed by atoms with Crippen LogP contribution in [-0.4, -0.2) is 37.0 Å². The van der Waals surface area contributed by atoms with E-state index in [1.54, 1.807) is 31.3 Å². The number of carbonyl (C=O) groups excluding carboxylic acids is 2. The Bertz CT molecular complexity index is 1380. The summed E-state index contributed by atoms with van der Waals surface area (Å²) in [5.74, 6) is 1.09. The lowest BCUT2D eigenvalue weighted by Crippen LogP contribution is -2.50. The topological polar surface area (TPSA) is 67.9 Å². The first-order chi connectivity index (χ1) is 19.4. The van der Waals surface area contributed by atoms with Gasteiger partial charge < -0.3 is 19.7 Å². The highest BCUT2D eigenvalue weighted by molar-refractivity contribution is 6.30. The van der Waals surface area contributed by atoms with Crippen LogP contribution in [0.15, 0.2) is 103 Å². The number of hydrogen-bond acceptors (Lipinski definition) is 4. The van der Waals surface area contributed by atoms with Gasteiger partial charge in [-0.05, 0) is 58.7 Å². The first-order valence-corrected chi connectivity index (χ1v) is 13.4. The van der Waals surface area contributed by atoms with Crippen LogP contribution >= 0.6 is 11.6 Å². The van der Waals surface area contributed by atoms with Gasteiger partial charge in [0.05, 0.1) is 20.6 Å². The van der Waals surface area contributed by atoms with E-state index in [1.807, 2.05) is 91.0 Å². The minimum atomic E-state index is -0.734. The maximum absolute atomic E-state index is 13.9. The van der Waals surface area contributed by atoms with Gasteiger partial charge in [-0.1, -0.05) is 78.3 Å². The lowest BCUT2D eigenvalue weighted by molar-refractivity contribution is -0.140. The third-order valence-electron chi connectivity index (χ3n) is 6.68. The van der Waals surface area contributed by atoms with E-state index in [4.69, 9.17) is 21.1 Å². The number of amides is 2. The van der Waals surface area contributed by atoms with Gasteiger partial charge in [0.25, 0.3) is 0 Å². The molecule has 7 heteroatoms. The lowest BCUT2D eigenvalue weighted by Gasteiger charge is -2.32. The second-order valence-electron chi connectivity index (χ2n) is 9.44. The molecule has 4 aromatic carbocycles. The Morgan fingerprint density at radius 1 is 0.725 bits per heavy atom. The van der Waals surface area contributed by atoms with Crippen LogP contribution in [0.1, 0.15) is 22.3 Å². The van der Waals surface area contributed by atoms with Gasteiger partial charge in [-0.15, -0.1) is 0 Å². The van der Waals surface area contributed by atoms with Gasteiger partial charge in [-0.3, -0.25) is 9.59 Å². The molecule has 0 radical (unpaired) electrons. The number of hydrogen-bond donors (Lipinski definition) is 1. The molecule has 0 bridgehead atoms. The molecule has 0 aliphatic rings. The second kappa shape index (κ2) is 14.2. The van der Waals surface area contributed by atoms with Crippen molar-refractivity contribution in [1.82, 2.24) is 10.2 Å². The summed E-state index contributed by atoms with van der Waals surface area (Å²) in [5, 5.41) is 3.66. The van der Waals surface area contributed by atoms with Crippen LogP contribution in [-0.2, 0) is 35.5 Å². The molecule has 0 aliphatic carbocycles. The van der Waals surface area contributed by atoms with Crippen LogP contribution in [0.3, 0.4) is 0 Å². The third-order valence-corrected chi connectivity index (χ3v) is 6.93. The fourth-order valence-corrected chi connectivity index (χ4v) is 4.54. The van der Waals surface area contributed by atoms with E-state index < -0.39 is 6.04 Å². The summed E-state index contributed by atoms with van der Waals surface area (Å²) in [7, 11) is 3.23. The first-order valence-electron chi connectivity index (χ1n) is 13.1. The van der Waals surface area contributed by atoms with Crippen LogP contribution in [0.2, 0.25) is 5.02 Å². The Morgan fingerprint density at radius 3 is 1.85 bits per heavy atom. The zero-order valence-corrected chi connectivity index (χ0v) is 23.4. The molecule has 1 N–H and O–H groups in total. The van der Waals surface area contributed by atoms with Crippen LogP contribution in [0.5, 0.6) is 11.5 Å². The maximum atomic E-state index is 13.9. The molecular weight excluding hydrogens is 524 g/mol. The van der Waals surface area contributed by atoms with Gasteiger partial charge in [0.1, 0.15) is 17.5 Å². The summed E-state index contributed by atoms with van der Waals surface area (Å²) >= 11 is 6.06. The smallest absolute Gasteiger partial charge is 0.243 e. The molecule has 0 saturated heterocycles. The largest absolute Gasteiger partial charge is 0.497 e. The number of rotatable bonds is 12. The van der Waals surface area contributed by atoms with E-state index in [0.29, 0.717) is 18.0 Å². The summed E-state index contributed by atoms with van der Waals surface area (Å²) in [6.45, 7) is 0.597. The molecule has 0 unspecified atom stereocenters. The number of nitrogens with zero attached hydrogens (tertiary/aromatic N) is 1. The van der Waals surface area contributed by atoms with Crippen molar-refractivity contribution in [3.63, 3.8) is 0 Å². The van der Waals surface area contributed by atoms with Crippen molar-refractivity contribution < 1.29 is 19.1 Å². The van der Waals surface area contributed by atoms with Crippen LogP contribution in [0.25, 0.3) is 0 Å². The molecule has 0 aromatic heterocycles. The molecule has 0 saturated carbocycles. The minimum Gasteiger partial charge on any atom is -0.497 e. The summed E-state index contributed by atoms with van der Waals surface area (Å²) in [5.41, 5.74) is 3.62. The molecule has 4 aromatic rings. The zero-order valence-electron chi connectivity index (χ0n) is 22.7. The van der Waals surface area contributed by atoms with Crippen LogP contribution < -0.4 is 14.8 Å². The van der Waals surface area contributed by atoms with Crippen LogP contribution in [0.4, 0.5) is 0 Å². The SMILES string of the molecule is COc1ccc(CNC(=O)[C@@H](Cc2ccccc2)N(Cc2ccc(OC)cc2)C(=O)Cc2ccc(Cl)cc2)cc1. The van der Waals surface area contributed by atoms with Gasteiger partial charge >= 0.3 is 0 Å². The standard InChI is InChI=1S/C33H33ClN2O4/c1-39-29-16-10-26(11-17-29)22-35-33(38)31(20-24-6-4-3-5-7-24)36(23-27-12-18-30(40-2)19-13-27)32(37)21-25-8-14-28(34)15-9-25/h3-19,31H,20-23H2,1-2H3,(H,35,38)/t31-/m1/s1. The Kier molecular flexibility index (Phi) is 10.2. The molecule has 6 nitrogen and oxygen atoms in total. The molecule has 0 aliphatic heterocycles. The quantitative estimate of drug-likeness (QED) is 0.237. The molecule has 1 atom stereocenters. The van der Waals surface area contributed by atoms with Gasteiger partial charge in [-0.25, -0.2) is 0 Å². The molecular formula is C33H33ClN2O4. The van der Waals surface area contributed by atoms with Gasteiger partial charge in [0.15, 0.2) is 0 Å². The van der Waals surface area contributed by atoms with Crippen molar-refractivity contribution in [1.29, 1.82) is 0 Å². The van der Waals surface area contributed by atoms with Crippen LogP contribution in [0, 0.1) is 0 Å². The van der Waals surface area contributed by atoms with Crippen molar-refractivity contribution in [2.75, 3.05) is 14.2 Å². The molecule has 40 heavy (non-hydrogen) atoms. The highest BCUT2D eigenvalue weighted by Crippen LogP contribution is 2.20. The van der Waals surface area contributed by atoms with E-state index in [2.05, 4.69) is 5.32 Å². The van der Waals surface area contributed by atoms with Gasteiger partial charge in [-0.2, -0.15) is 0 Å². The van der Waals surface area contributed by atoms with E-state index >= 15 is 0 Å². The summed E-state index contributed by atoms with van der Waals surface area (Å²) < 4.78 is 10.5. The van der Waals surface area contributed by atoms with Crippen molar-refractivity contribution in [2.45, 2.75) is 32.0 Å². The van der Waals surface area contributed by atoms with Gasteiger partial charge in [0.2, 0.25) is 11.8 Å². The average molecular weight is 557 g/mol. The number of carbonyl (C=O) groups is 2. The summed E-state index contributed by atoms with van der Waals surface area (Å²) in [6, 6.07) is 31.3. The molecule has 0 fully saturated rings. The molecule has 2 amide bonds. The normalized spacial score (nSPS) is 11.4. The average Bonchev–Trinajstić information content (AvgIpc) is 3.00. The van der Waals surface area contributed by atoms with E-state index in [0.717, 1.165) is 33.8 Å². The maximum Gasteiger partial charge on any atom is 0.243 e. The van der Waals surface area contributed by atoms with E-state index in [-0.39, 0.29) is 24.8 Å². The predicted octanol–water partition coefficient (Wildman–Crippen LogP) is 5.86. The van der Waals surface area contributed by atoms with E-state index in [9.17, 15) is 9.59 Å². The number of benzene rings is 4. The van der Waals surface area contributed by atoms with Gasteiger partial charge in [0, 0.05) is 24.5 Å².